The summed E-state index contributed by atoms with van der Waals surface area (Å²) in [6, 6.07) is 2.82. The third-order valence-corrected chi connectivity index (χ3v) is 4.95. The van der Waals surface area contributed by atoms with Crippen molar-refractivity contribution in [2.24, 2.45) is 0 Å². The van der Waals surface area contributed by atoms with Crippen molar-refractivity contribution in [3.05, 3.63) is 41.4 Å². The predicted octanol–water partition coefficient (Wildman–Crippen LogP) is 1.80. The molecule has 0 atom stereocenters. The van der Waals surface area contributed by atoms with E-state index in [9.17, 15) is 8.42 Å². The lowest BCUT2D eigenvalue weighted by atomic mass is 10.2. The molecule has 3 N–H and O–H groups in total. The Morgan fingerprint density at radius 2 is 2.19 bits per heavy atom. The second kappa shape index (κ2) is 6.46. The van der Waals surface area contributed by atoms with Gasteiger partial charge in [-0.1, -0.05) is 11.6 Å². The Kier molecular flexibility index (Phi) is 4.87. The molecule has 0 aliphatic rings. The summed E-state index contributed by atoms with van der Waals surface area (Å²) in [6.45, 7) is 2.76. The molecule has 0 amide bonds. The van der Waals surface area contributed by atoms with Gasteiger partial charge in [-0.3, -0.25) is 0 Å². The number of nitrogens with one attached hydrogen (secondary N) is 1. The van der Waals surface area contributed by atoms with Gasteiger partial charge in [-0.2, -0.15) is 0 Å². The number of rotatable bonds is 6. The first-order valence-corrected chi connectivity index (χ1v) is 8.27. The van der Waals surface area contributed by atoms with E-state index in [0.717, 1.165) is 0 Å². The van der Waals surface area contributed by atoms with Crippen LogP contribution in [0.5, 0.6) is 0 Å². The number of aryl methyl sites for hydroxylation is 1. The second-order valence-corrected chi connectivity index (χ2v) is 6.85. The zero-order chi connectivity index (χ0) is 15.5. The minimum atomic E-state index is -3.60. The highest BCUT2D eigenvalue weighted by molar-refractivity contribution is 7.89. The van der Waals surface area contributed by atoms with E-state index < -0.39 is 10.0 Å². The number of anilines is 1. The Balaban J connectivity index is 1.98. The van der Waals surface area contributed by atoms with Crippen LogP contribution < -0.4 is 10.5 Å². The Labute approximate surface area is 129 Å². The normalized spacial score (nSPS) is 11.7. The summed E-state index contributed by atoms with van der Waals surface area (Å²) in [5.74, 6) is 0. The van der Waals surface area contributed by atoms with Gasteiger partial charge >= 0.3 is 0 Å². The maximum absolute atomic E-state index is 12.2. The first-order chi connectivity index (χ1) is 9.90. The molecule has 0 saturated heterocycles. The highest BCUT2D eigenvalue weighted by Crippen LogP contribution is 2.25. The van der Waals surface area contributed by atoms with E-state index in [2.05, 4.69) is 9.71 Å². The smallest absolute Gasteiger partial charge is 0.240 e. The molecule has 1 aromatic heterocycles. The van der Waals surface area contributed by atoms with Gasteiger partial charge in [-0.25, -0.2) is 18.1 Å². The summed E-state index contributed by atoms with van der Waals surface area (Å²) in [5, 5.41) is 0.341. The van der Waals surface area contributed by atoms with Crippen LogP contribution in [0.25, 0.3) is 0 Å². The largest absolute Gasteiger partial charge is 0.398 e. The molecule has 0 spiro atoms. The van der Waals surface area contributed by atoms with E-state index in [4.69, 9.17) is 17.3 Å². The fraction of sp³-hybridized carbons (Fsp3) is 0.308. The summed E-state index contributed by atoms with van der Waals surface area (Å²) >= 11 is 5.97. The Morgan fingerprint density at radius 3 is 2.81 bits per heavy atom. The lowest BCUT2D eigenvalue weighted by Crippen LogP contribution is -2.25. The van der Waals surface area contributed by atoms with Gasteiger partial charge in [0, 0.05) is 36.2 Å². The molecule has 0 radical (unpaired) electrons. The topological polar surface area (TPSA) is 90.0 Å². The van der Waals surface area contributed by atoms with Crippen molar-refractivity contribution in [3.8, 4) is 0 Å². The lowest BCUT2D eigenvalue weighted by Gasteiger charge is -2.10. The van der Waals surface area contributed by atoms with Gasteiger partial charge in [0.15, 0.2) is 0 Å². The fourth-order valence-electron chi connectivity index (χ4n) is 1.80. The van der Waals surface area contributed by atoms with Crippen LogP contribution in [0.3, 0.4) is 0 Å². The standard InChI is InChI=1S/C13H17ClN4O2S/c1-10-12(14)7-11(8-13(10)15)21(19,20)17-3-2-5-18-6-4-16-9-18/h4,6-9,17H,2-3,5,15H2,1H3. The molecule has 0 fully saturated rings. The molecule has 1 aromatic carbocycles. The SMILES string of the molecule is Cc1c(N)cc(S(=O)(=O)NCCCn2ccnc2)cc1Cl. The first kappa shape index (κ1) is 15.8. The van der Waals surface area contributed by atoms with Crippen LogP contribution >= 0.6 is 11.6 Å². The third kappa shape index (κ3) is 3.96. The maximum Gasteiger partial charge on any atom is 0.240 e. The molecule has 0 aliphatic carbocycles. The van der Waals surface area contributed by atoms with E-state index in [1.165, 1.54) is 12.1 Å². The van der Waals surface area contributed by atoms with Crippen LogP contribution in [-0.2, 0) is 16.6 Å². The monoisotopic (exact) mass is 328 g/mol. The molecule has 1 heterocycles. The van der Waals surface area contributed by atoms with Gasteiger partial charge in [0.05, 0.1) is 11.2 Å². The van der Waals surface area contributed by atoms with Crippen molar-refractivity contribution in [2.45, 2.75) is 24.8 Å². The minimum Gasteiger partial charge on any atom is -0.398 e. The van der Waals surface area contributed by atoms with Crippen molar-refractivity contribution < 1.29 is 8.42 Å². The van der Waals surface area contributed by atoms with E-state index in [0.29, 0.717) is 35.8 Å². The summed E-state index contributed by atoms with van der Waals surface area (Å²) in [7, 11) is -3.60. The molecule has 0 aliphatic heterocycles. The molecule has 6 nitrogen and oxygen atoms in total. The minimum absolute atomic E-state index is 0.0817. The highest BCUT2D eigenvalue weighted by Gasteiger charge is 2.16. The lowest BCUT2D eigenvalue weighted by molar-refractivity contribution is 0.570. The Bertz CT molecular complexity index is 691. The average molecular weight is 329 g/mol. The van der Waals surface area contributed by atoms with Gasteiger partial charge in [-0.05, 0) is 31.0 Å². The maximum atomic E-state index is 12.2. The zero-order valence-electron chi connectivity index (χ0n) is 11.6. The molecule has 21 heavy (non-hydrogen) atoms. The van der Waals surface area contributed by atoms with E-state index in [1.807, 2.05) is 10.8 Å². The number of benzene rings is 1. The van der Waals surface area contributed by atoms with Crippen LogP contribution in [0.4, 0.5) is 5.69 Å². The summed E-state index contributed by atoms with van der Waals surface area (Å²) in [4.78, 5) is 4.00. The van der Waals surface area contributed by atoms with Gasteiger partial charge in [-0.15, -0.1) is 0 Å². The molecule has 2 rings (SSSR count). The first-order valence-electron chi connectivity index (χ1n) is 6.41. The van der Waals surface area contributed by atoms with Crippen LogP contribution in [0.2, 0.25) is 5.02 Å². The number of nitrogens with zero attached hydrogens (tertiary/aromatic N) is 2. The molecule has 114 valence electrons. The number of halogens is 1. The molecular formula is C13H17ClN4O2S. The van der Waals surface area contributed by atoms with Crippen LogP contribution in [0.1, 0.15) is 12.0 Å². The van der Waals surface area contributed by atoms with Crippen molar-refractivity contribution in [1.82, 2.24) is 14.3 Å². The van der Waals surface area contributed by atoms with Gasteiger partial charge in [0.25, 0.3) is 0 Å². The molecular weight excluding hydrogens is 312 g/mol. The number of hydrogen-bond acceptors (Lipinski definition) is 4. The Morgan fingerprint density at radius 1 is 1.43 bits per heavy atom. The predicted molar refractivity (Wildman–Crippen MR) is 82.6 cm³/mol. The molecule has 0 bridgehead atoms. The molecule has 8 heteroatoms. The number of sulfonamides is 1. The van der Waals surface area contributed by atoms with Crippen LogP contribution in [-0.4, -0.2) is 24.5 Å². The van der Waals surface area contributed by atoms with Gasteiger partial charge in [0.1, 0.15) is 0 Å². The van der Waals surface area contributed by atoms with Crippen LogP contribution in [0.15, 0.2) is 35.7 Å². The number of nitrogen functional groups attached to an aromatic ring is 1. The summed E-state index contributed by atoms with van der Waals surface area (Å²) in [6.07, 6.45) is 5.86. The Hall–Kier alpha value is -1.57. The zero-order valence-corrected chi connectivity index (χ0v) is 13.2. The fourth-order valence-corrected chi connectivity index (χ4v) is 3.23. The molecule has 2 aromatic rings. The number of nitrogens with two attached hydrogens (primary N) is 1. The summed E-state index contributed by atoms with van der Waals surface area (Å²) < 4.78 is 28.7. The summed E-state index contributed by atoms with van der Waals surface area (Å²) in [5.41, 5.74) is 6.79. The van der Waals surface area contributed by atoms with Crippen molar-refractivity contribution >= 4 is 27.3 Å². The number of aromatic nitrogens is 2. The van der Waals surface area contributed by atoms with E-state index in [1.54, 1.807) is 19.4 Å². The van der Waals surface area contributed by atoms with Crippen molar-refractivity contribution in [2.75, 3.05) is 12.3 Å². The third-order valence-electron chi connectivity index (χ3n) is 3.11. The highest BCUT2D eigenvalue weighted by atomic mass is 35.5. The number of hydrogen-bond donors (Lipinski definition) is 2. The van der Waals surface area contributed by atoms with Crippen molar-refractivity contribution in [3.63, 3.8) is 0 Å². The molecule has 0 unspecified atom stereocenters. The van der Waals surface area contributed by atoms with E-state index >= 15 is 0 Å². The van der Waals surface area contributed by atoms with E-state index in [-0.39, 0.29) is 4.90 Å². The molecule has 0 saturated carbocycles. The average Bonchev–Trinajstić information content (AvgIpc) is 2.93. The van der Waals surface area contributed by atoms with Crippen molar-refractivity contribution in [1.29, 1.82) is 0 Å². The van der Waals surface area contributed by atoms with Gasteiger partial charge in [0.2, 0.25) is 10.0 Å². The quantitative estimate of drug-likeness (QED) is 0.625. The second-order valence-electron chi connectivity index (χ2n) is 4.67. The van der Waals surface area contributed by atoms with Gasteiger partial charge < -0.3 is 10.3 Å². The number of imidazole rings is 1. The van der Waals surface area contributed by atoms with Crippen LogP contribution in [0, 0.1) is 6.92 Å².